The lowest BCUT2D eigenvalue weighted by atomic mass is 10.1. The molecule has 0 spiro atoms. The minimum Gasteiger partial charge on any atom is -0.459 e. The van der Waals surface area contributed by atoms with E-state index in [4.69, 9.17) is 10.5 Å². The summed E-state index contributed by atoms with van der Waals surface area (Å²) in [5.41, 5.74) is 6.74. The molecule has 1 atom stereocenters. The fraction of sp³-hybridized carbons (Fsp3) is 0.533. The van der Waals surface area contributed by atoms with Gasteiger partial charge >= 0.3 is 5.97 Å². The Bertz CT molecular complexity index is 377. The van der Waals surface area contributed by atoms with Crippen LogP contribution < -0.4 is 5.73 Å². The molecule has 0 saturated heterocycles. The van der Waals surface area contributed by atoms with Crippen molar-refractivity contribution in [3.8, 4) is 0 Å². The molecular formula is C15H23NO2. The van der Waals surface area contributed by atoms with E-state index in [0.717, 1.165) is 12.8 Å². The lowest BCUT2D eigenvalue weighted by molar-refractivity contribution is 0.0319. The van der Waals surface area contributed by atoms with Crippen LogP contribution in [0.1, 0.15) is 56.3 Å². The summed E-state index contributed by atoms with van der Waals surface area (Å²) in [6.45, 7) is 4.12. The topological polar surface area (TPSA) is 52.3 Å². The van der Waals surface area contributed by atoms with Gasteiger partial charge in [-0.1, -0.05) is 32.3 Å². The number of unbranched alkanes of at least 4 members (excludes halogenated alkanes) is 3. The fourth-order valence-corrected chi connectivity index (χ4v) is 1.83. The van der Waals surface area contributed by atoms with Gasteiger partial charge in [0.2, 0.25) is 0 Å². The highest BCUT2D eigenvalue weighted by Crippen LogP contribution is 2.12. The zero-order chi connectivity index (χ0) is 13.4. The van der Waals surface area contributed by atoms with Crippen molar-refractivity contribution in [2.24, 2.45) is 0 Å². The number of nitrogen functional groups attached to an aromatic ring is 1. The van der Waals surface area contributed by atoms with Crippen LogP contribution in [0.15, 0.2) is 24.3 Å². The highest BCUT2D eigenvalue weighted by atomic mass is 16.5. The van der Waals surface area contributed by atoms with E-state index in [2.05, 4.69) is 6.92 Å². The van der Waals surface area contributed by atoms with Gasteiger partial charge in [0, 0.05) is 5.69 Å². The van der Waals surface area contributed by atoms with Crippen molar-refractivity contribution < 1.29 is 9.53 Å². The van der Waals surface area contributed by atoms with Crippen molar-refractivity contribution in [3.05, 3.63) is 29.8 Å². The summed E-state index contributed by atoms with van der Waals surface area (Å²) in [4.78, 5) is 11.8. The molecule has 1 unspecified atom stereocenters. The lowest BCUT2D eigenvalue weighted by Gasteiger charge is -2.13. The van der Waals surface area contributed by atoms with E-state index < -0.39 is 0 Å². The van der Waals surface area contributed by atoms with Gasteiger partial charge in [0.15, 0.2) is 0 Å². The van der Waals surface area contributed by atoms with Crippen molar-refractivity contribution >= 4 is 11.7 Å². The van der Waals surface area contributed by atoms with E-state index in [1.54, 1.807) is 24.3 Å². The predicted octanol–water partition coefficient (Wildman–Crippen LogP) is 3.78. The van der Waals surface area contributed by atoms with Gasteiger partial charge in [-0.25, -0.2) is 4.79 Å². The summed E-state index contributed by atoms with van der Waals surface area (Å²) < 4.78 is 5.38. The number of rotatable bonds is 7. The smallest absolute Gasteiger partial charge is 0.338 e. The maximum absolute atomic E-state index is 11.8. The van der Waals surface area contributed by atoms with Crippen LogP contribution in [0.2, 0.25) is 0 Å². The van der Waals surface area contributed by atoms with Crippen LogP contribution in [-0.2, 0) is 4.74 Å². The molecule has 0 heterocycles. The number of esters is 1. The number of anilines is 1. The van der Waals surface area contributed by atoms with Crippen LogP contribution in [-0.4, -0.2) is 12.1 Å². The maximum atomic E-state index is 11.8. The zero-order valence-electron chi connectivity index (χ0n) is 11.3. The third kappa shape index (κ3) is 5.21. The minimum absolute atomic E-state index is 0.0317. The molecule has 18 heavy (non-hydrogen) atoms. The van der Waals surface area contributed by atoms with Crippen molar-refractivity contribution in [1.82, 2.24) is 0 Å². The molecule has 1 aromatic carbocycles. The molecule has 0 fully saturated rings. The van der Waals surface area contributed by atoms with Gasteiger partial charge in [-0.15, -0.1) is 0 Å². The largest absolute Gasteiger partial charge is 0.459 e. The van der Waals surface area contributed by atoms with Crippen LogP contribution in [0.3, 0.4) is 0 Å². The summed E-state index contributed by atoms with van der Waals surface area (Å²) >= 11 is 0. The highest BCUT2D eigenvalue weighted by molar-refractivity contribution is 5.90. The Morgan fingerprint density at radius 2 is 2.11 bits per heavy atom. The third-order valence-electron chi connectivity index (χ3n) is 2.89. The molecule has 100 valence electrons. The molecule has 3 nitrogen and oxygen atoms in total. The van der Waals surface area contributed by atoms with Crippen LogP contribution in [0.25, 0.3) is 0 Å². The molecule has 0 aliphatic heterocycles. The second kappa shape index (κ2) is 7.75. The van der Waals surface area contributed by atoms with Crippen molar-refractivity contribution in [2.45, 2.75) is 52.1 Å². The van der Waals surface area contributed by atoms with Gasteiger partial charge < -0.3 is 10.5 Å². The Hall–Kier alpha value is -1.51. The quantitative estimate of drug-likeness (QED) is 0.454. The Morgan fingerprint density at radius 3 is 2.78 bits per heavy atom. The molecule has 0 aromatic heterocycles. The van der Waals surface area contributed by atoms with E-state index in [9.17, 15) is 4.79 Å². The Morgan fingerprint density at radius 1 is 1.33 bits per heavy atom. The van der Waals surface area contributed by atoms with Gasteiger partial charge in [0.05, 0.1) is 11.7 Å². The van der Waals surface area contributed by atoms with Crippen molar-refractivity contribution in [1.29, 1.82) is 0 Å². The molecule has 0 radical (unpaired) electrons. The number of carbonyl (C=O) groups is 1. The Labute approximate surface area is 109 Å². The highest BCUT2D eigenvalue weighted by Gasteiger charge is 2.11. The summed E-state index contributed by atoms with van der Waals surface area (Å²) in [5, 5.41) is 0. The van der Waals surface area contributed by atoms with Crippen molar-refractivity contribution in [3.63, 3.8) is 0 Å². The van der Waals surface area contributed by atoms with Crippen LogP contribution in [0.5, 0.6) is 0 Å². The number of benzene rings is 1. The number of hydrogen-bond acceptors (Lipinski definition) is 3. The molecule has 0 saturated carbocycles. The van der Waals surface area contributed by atoms with E-state index in [1.807, 2.05) is 6.92 Å². The summed E-state index contributed by atoms with van der Waals surface area (Å²) in [5.74, 6) is -0.287. The van der Waals surface area contributed by atoms with Gasteiger partial charge in [-0.2, -0.15) is 0 Å². The van der Waals surface area contributed by atoms with Gasteiger partial charge in [0.1, 0.15) is 0 Å². The average Bonchev–Trinajstić information content (AvgIpc) is 2.34. The first-order chi connectivity index (χ1) is 8.63. The standard InChI is InChI=1S/C15H23NO2/c1-3-4-5-6-8-12(2)18-15(17)13-9-7-10-14(16)11-13/h7,9-12H,3-6,8,16H2,1-2H3. The first-order valence-corrected chi connectivity index (χ1v) is 6.70. The first-order valence-electron chi connectivity index (χ1n) is 6.70. The number of hydrogen-bond donors (Lipinski definition) is 1. The molecule has 0 aliphatic rings. The minimum atomic E-state index is -0.287. The average molecular weight is 249 g/mol. The lowest BCUT2D eigenvalue weighted by Crippen LogP contribution is -2.15. The van der Waals surface area contributed by atoms with E-state index >= 15 is 0 Å². The van der Waals surface area contributed by atoms with E-state index in [-0.39, 0.29) is 12.1 Å². The molecule has 0 amide bonds. The first kappa shape index (κ1) is 14.6. The zero-order valence-corrected chi connectivity index (χ0v) is 11.3. The van der Waals surface area contributed by atoms with Gasteiger partial charge in [0.25, 0.3) is 0 Å². The second-order valence-corrected chi connectivity index (χ2v) is 4.69. The third-order valence-corrected chi connectivity index (χ3v) is 2.89. The van der Waals surface area contributed by atoms with E-state index in [0.29, 0.717) is 11.3 Å². The van der Waals surface area contributed by atoms with E-state index in [1.165, 1.54) is 19.3 Å². The SMILES string of the molecule is CCCCCCC(C)OC(=O)c1cccc(N)c1. The molecular weight excluding hydrogens is 226 g/mol. The van der Waals surface area contributed by atoms with Gasteiger partial charge in [-0.05, 0) is 38.0 Å². The normalized spacial score (nSPS) is 12.1. The summed E-state index contributed by atoms with van der Waals surface area (Å²) in [6, 6.07) is 6.89. The number of ether oxygens (including phenoxy) is 1. The number of nitrogens with two attached hydrogens (primary N) is 1. The number of carbonyl (C=O) groups excluding carboxylic acids is 1. The van der Waals surface area contributed by atoms with Crippen molar-refractivity contribution in [2.75, 3.05) is 5.73 Å². The summed E-state index contributed by atoms with van der Waals surface area (Å²) in [6.07, 6.45) is 5.67. The molecule has 0 aliphatic carbocycles. The molecule has 2 N–H and O–H groups in total. The fourth-order valence-electron chi connectivity index (χ4n) is 1.83. The monoisotopic (exact) mass is 249 g/mol. The maximum Gasteiger partial charge on any atom is 0.338 e. The molecule has 1 aromatic rings. The summed E-state index contributed by atoms with van der Waals surface area (Å²) in [7, 11) is 0. The Kier molecular flexibility index (Phi) is 6.26. The van der Waals surface area contributed by atoms with Crippen LogP contribution >= 0.6 is 0 Å². The molecule has 3 heteroatoms. The Balaban J connectivity index is 2.35. The molecule has 0 bridgehead atoms. The van der Waals surface area contributed by atoms with Gasteiger partial charge in [-0.3, -0.25) is 0 Å². The molecule has 1 rings (SSSR count). The van der Waals surface area contributed by atoms with Crippen LogP contribution in [0, 0.1) is 0 Å². The van der Waals surface area contributed by atoms with Crippen LogP contribution in [0.4, 0.5) is 5.69 Å². The predicted molar refractivity (Wildman–Crippen MR) is 74.5 cm³/mol. The second-order valence-electron chi connectivity index (χ2n) is 4.69.